The van der Waals surface area contributed by atoms with Crippen LogP contribution in [-0.4, -0.2) is 28.9 Å². The lowest BCUT2D eigenvalue weighted by Gasteiger charge is -2.07. The summed E-state index contributed by atoms with van der Waals surface area (Å²) < 4.78 is 5.23. The van der Waals surface area contributed by atoms with Gasteiger partial charge in [0.15, 0.2) is 0 Å². The Morgan fingerprint density at radius 2 is 1.80 bits per heavy atom. The standard InChI is InChI=1S/C28H30N4O3/c1-3-5-27(33)30-22-12-8-19(9-13-22)10-15-26-31-24-14-11-21(17-25(24)32-26)28(34)29-18-20-6-4-7-23(16-20)35-2/h4,6-9,11-14,16-17H,3,5,10,15,18H2,1-2H3,(H,29,34)(H,30,33)(H,31,32). The Hall–Kier alpha value is -4.13. The molecule has 0 aliphatic heterocycles. The minimum absolute atomic E-state index is 0.0378. The van der Waals surface area contributed by atoms with Gasteiger partial charge in [-0.15, -0.1) is 0 Å². The molecule has 0 fully saturated rings. The van der Waals surface area contributed by atoms with Crippen LogP contribution in [0.1, 0.15) is 47.1 Å². The van der Waals surface area contributed by atoms with Crippen molar-refractivity contribution in [2.24, 2.45) is 0 Å². The maximum atomic E-state index is 12.7. The largest absolute Gasteiger partial charge is 0.497 e. The minimum atomic E-state index is -0.142. The monoisotopic (exact) mass is 470 g/mol. The number of carbonyl (C=O) groups excluding carboxylic acids is 2. The number of ether oxygens (including phenoxy) is 1. The molecule has 1 aromatic heterocycles. The Morgan fingerprint density at radius 1 is 0.971 bits per heavy atom. The van der Waals surface area contributed by atoms with Crippen LogP contribution >= 0.6 is 0 Å². The van der Waals surface area contributed by atoms with Gasteiger partial charge in [0, 0.05) is 30.6 Å². The molecular formula is C28H30N4O3. The van der Waals surface area contributed by atoms with Crippen molar-refractivity contribution >= 4 is 28.5 Å². The third kappa shape index (κ3) is 6.47. The molecule has 7 heteroatoms. The fourth-order valence-electron chi connectivity index (χ4n) is 3.86. The first-order chi connectivity index (χ1) is 17.0. The van der Waals surface area contributed by atoms with Crippen molar-refractivity contribution in [2.75, 3.05) is 12.4 Å². The lowest BCUT2D eigenvalue weighted by atomic mass is 10.1. The molecule has 180 valence electrons. The first kappa shape index (κ1) is 24.0. The fraction of sp³-hybridized carbons (Fsp3) is 0.250. The van der Waals surface area contributed by atoms with Crippen molar-refractivity contribution < 1.29 is 14.3 Å². The number of benzene rings is 3. The van der Waals surface area contributed by atoms with E-state index in [-0.39, 0.29) is 11.8 Å². The number of amides is 2. The Bertz CT molecular complexity index is 1310. The maximum absolute atomic E-state index is 12.7. The highest BCUT2D eigenvalue weighted by Crippen LogP contribution is 2.17. The fourth-order valence-corrected chi connectivity index (χ4v) is 3.86. The number of methoxy groups -OCH3 is 1. The summed E-state index contributed by atoms with van der Waals surface area (Å²) in [4.78, 5) is 32.4. The van der Waals surface area contributed by atoms with Crippen LogP contribution in [0.15, 0.2) is 66.7 Å². The van der Waals surface area contributed by atoms with Crippen LogP contribution in [0.5, 0.6) is 5.75 Å². The average Bonchev–Trinajstić information content (AvgIpc) is 3.29. The van der Waals surface area contributed by atoms with Crippen molar-refractivity contribution in [1.82, 2.24) is 15.3 Å². The zero-order chi connectivity index (χ0) is 24.6. The molecule has 1 heterocycles. The summed E-state index contributed by atoms with van der Waals surface area (Å²) >= 11 is 0. The van der Waals surface area contributed by atoms with Crippen LogP contribution in [-0.2, 0) is 24.2 Å². The highest BCUT2D eigenvalue weighted by atomic mass is 16.5. The molecule has 4 aromatic rings. The van der Waals surface area contributed by atoms with Gasteiger partial charge in [0.2, 0.25) is 5.91 Å². The molecule has 0 saturated heterocycles. The molecule has 2 amide bonds. The summed E-state index contributed by atoms with van der Waals surface area (Å²) in [5.74, 6) is 1.53. The van der Waals surface area contributed by atoms with Crippen LogP contribution in [0.3, 0.4) is 0 Å². The number of hydrogen-bond donors (Lipinski definition) is 3. The molecule has 3 N–H and O–H groups in total. The van der Waals surface area contributed by atoms with E-state index in [9.17, 15) is 9.59 Å². The molecule has 0 saturated carbocycles. The number of rotatable bonds is 10. The molecule has 4 rings (SSSR count). The van der Waals surface area contributed by atoms with Crippen LogP contribution in [0.2, 0.25) is 0 Å². The highest BCUT2D eigenvalue weighted by Gasteiger charge is 2.10. The third-order valence-electron chi connectivity index (χ3n) is 5.75. The lowest BCUT2D eigenvalue weighted by Crippen LogP contribution is -2.22. The van der Waals surface area contributed by atoms with E-state index in [1.54, 1.807) is 13.2 Å². The van der Waals surface area contributed by atoms with Crippen LogP contribution in [0.4, 0.5) is 5.69 Å². The molecule has 0 unspecified atom stereocenters. The molecule has 0 radical (unpaired) electrons. The summed E-state index contributed by atoms with van der Waals surface area (Å²) in [6.07, 6.45) is 2.92. The van der Waals surface area contributed by atoms with Gasteiger partial charge >= 0.3 is 0 Å². The second kappa shape index (κ2) is 11.3. The summed E-state index contributed by atoms with van der Waals surface area (Å²) in [7, 11) is 1.62. The van der Waals surface area contributed by atoms with E-state index < -0.39 is 0 Å². The number of hydrogen-bond acceptors (Lipinski definition) is 4. The zero-order valence-electron chi connectivity index (χ0n) is 20.1. The van der Waals surface area contributed by atoms with Gasteiger partial charge in [-0.3, -0.25) is 9.59 Å². The Balaban J connectivity index is 1.34. The van der Waals surface area contributed by atoms with E-state index in [0.717, 1.165) is 58.7 Å². The molecule has 0 atom stereocenters. The average molecular weight is 471 g/mol. The van der Waals surface area contributed by atoms with Crippen LogP contribution in [0.25, 0.3) is 11.0 Å². The van der Waals surface area contributed by atoms with E-state index >= 15 is 0 Å². The van der Waals surface area contributed by atoms with Gasteiger partial charge in [-0.25, -0.2) is 4.98 Å². The smallest absolute Gasteiger partial charge is 0.251 e. The van der Waals surface area contributed by atoms with Gasteiger partial charge in [0.25, 0.3) is 5.91 Å². The van der Waals surface area contributed by atoms with E-state index in [2.05, 4.69) is 20.6 Å². The van der Waals surface area contributed by atoms with Crippen molar-refractivity contribution in [2.45, 2.75) is 39.2 Å². The summed E-state index contributed by atoms with van der Waals surface area (Å²) in [5, 5.41) is 5.86. The predicted octanol–water partition coefficient (Wildman–Crippen LogP) is 5.03. The molecule has 3 aromatic carbocycles. The maximum Gasteiger partial charge on any atom is 0.251 e. The number of nitrogens with zero attached hydrogens (tertiary/aromatic N) is 1. The van der Waals surface area contributed by atoms with Gasteiger partial charge in [0.05, 0.1) is 18.1 Å². The SMILES string of the molecule is CCCC(=O)Nc1ccc(CCc2nc3ccc(C(=O)NCc4cccc(OC)c4)cc3[nH]2)cc1. The molecule has 0 aliphatic rings. The number of carbonyl (C=O) groups is 2. The Labute approximate surface area is 204 Å². The number of fused-ring (bicyclic) bond motifs is 1. The van der Waals surface area contributed by atoms with E-state index in [0.29, 0.717) is 18.5 Å². The van der Waals surface area contributed by atoms with Gasteiger partial charge in [-0.1, -0.05) is 31.2 Å². The highest BCUT2D eigenvalue weighted by molar-refractivity contribution is 5.97. The second-order valence-electron chi connectivity index (χ2n) is 8.44. The number of anilines is 1. The second-order valence-corrected chi connectivity index (χ2v) is 8.44. The summed E-state index contributed by atoms with van der Waals surface area (Å²) in [6, 6.07) is 21.0. The number of imidazole rings is 1. The first-order valence-electron chi connectivity index (χ1n) is 11.8. The Morgan fingerprint density at radius 3 is 2.57 bits per heavy atom. The van der Waals surface area contributed by atoms with Gasteiger partial charge in [-0.2, -0.15) is 0 Å². The van der Waals surface area contributed by atoms with Crippen LogP contribution in [0, 0.1) is 0 Å². The third-order valence-corrected chi connectivity index (χ3v) is 5.75. The molecule has 35 heavy (non-hydrogen) atoms. The van der Waals surface area contributed by atoms with Gasteiger partial charge in [-0.05, 0) is 66.4 Å². The quantitative estimate of drug-likeness (QED) is 0.303. The van der Waals surface area contributed by atoms with E-state index in [1.165, 1.54) is 0 Å². The zero-order valence-corrected chi connectivity index (χ0v) is 20.1. The van der Waals surface area contributed by atoms with Crippen molar-refractivity contribution in [1.29, 1.82) is 0 Å². The normalized spacial score (nSPS) is 10.8. The van der Waals surface area contributed by atoms with Gasteiger partial charge < -0.3 is 20.4 Å². The summed E-state index contributed by atoms with van der Waals surface area (Å²) in [6.45, 7) is 2.41. The first-order valence-corrected chi connectivity index (χ1v) is 11.8. The molecule has 7 nitrogen and oxygen atoms in total. The number of aryl methyl sites for hydroxylation is 2. The van der Waals surface area contributed by atoms with Gasteiger partial charge in [0.1, 0.15) is 11.6 Å². The molecular weight excluding hydrogens is 440 g/mol. The van der Waals surface area contributed by atoms with E-state index in [1.807, 2.05) is 67.6 Å². The number of nitrogens with one attached hydrogen (secondary N) is 3. The molecule has 0 aliphatic carbocycles. The van der Waals surface area contributed by atoms with Crippen LogP contribution < -0.4 is 15.4 Å². The van der Waals surface area contributed by atoms with Crippen molar-refractivity contribution in [3.8, 4) is 5.75 Å². The number of H-pyrrole nitrogens is 1. The number of aromatic nitrogens is 2. The summed E-state index contributed by atoms with van der Waals surface area (Å²) in [5.41, 5.74) is 5.20. The number of aromatic amines is 1. The lowest BCUT2D eigenvalue weighted by molar-refractivity contribution is -0.116. The Kier molecular flexibility index (Phi) is 7.77. The molecule has 0 bridgehead atoms. The van der Waals surface area contributed by atoms with E-state index in [4.69, 9.17) is 4.74 Å². The predicted molar refractivity (Wildman–Crippen MR) is 138 cm³/mol. The van der Waals surface area contributed by atoms with Crippen molar-refractivity contribution in [3.63, 3.8) is 0 Å². The molecule has 0 spiro atoms. The van der Waals surface area contributed by atoms with Crippen molar-refractivity contribution in [3.05, 3.63) is 89.2 Å². The topological polar surface area (TPSA) is 96.1 Å². The minimum Gasteiger partial charge on any atom is -0.497 e.